The minimum atomic E-state index is 0.0487. The number of hydrogen-bond acceptors (Lipinski definition) is 3. The number of benzene rings is 2. The smallest absolute Gasteiger partial charge is 0.258 e. The third kappa shape index (κ3) is 4.23. The minimum absolute atomic E-state index is 0.0487. The molecule has 1 amide bonds. The van der Waals surface area contributed by atoms with Crippen molar-refractivity contribution in [2.24, 2.45) is 5.41 Å². The number of carbonyl (C=O) groups is 1. The maximum absolute atomic E-state index is 13.5. The van der Waals surface area contributed by atoms with Crippen LogP contribution in [0.15, 0.2) is 73.1 Å². The van der Waals surface area contributed by atoms with Crippen molar-refractivity contribution in [2.75, 3.05) is 24.5 Å². The molecule has 3 heterocycles. The second-order valence-corrected chi connectivity index (χ2v) is 9.32. The van der Waals surface area contributed by atoms with E-state index in [1.165, 1.54) is 11.1 Å². The highest BCUT2D eigenvalue weighted by atomic mass is 35.5. The summed E-state index contributed by atoms with van der Waals surface area (Å²) in [7, 11) is 0. The van der Waals surface area contributed by atoms with Crippen LogP contribution in [0.25, 0.3) is 0 Å². The number of fused-ring (bicyclic) bond motifs is 1. The van der Waals surface area contributed by atoms with Gasteiger partial charge in [-0.25, -0.2) is 0 Å². The van der Waals surface area contributed by atoms with Crippen LogP contribution < -0.4 is 4.90 Å². The van der Waals surface area contributed by atoms with E-state index in [0.29, 0.717) is 10.6 Å². The fourth-order valence-electron chi connectivity index (χ4n) is 5.20. The number of carbonyl (C=O) groups excluding carboxylic acids is 1. The first-order valence-electron chi connectivity index (χ1n) is 10.9. The van der Waals surface area contributed by atoms with Crippen molar-refractivity contribution >= 4 is 23.2 Å². The number of pyridine rings is 1. The topological polar surface area (TPSA) is 36.4 Å². The van der Waals surface area contributed by atoms with E-state index >= 15 is 0 Å². The van der Waals surface area contributed by atoms with Crippen LogP contribution in [-0.4, -0.2) is 35.4 Å². The molecule has 4 nitrogen and oxygen atoms in total. The van der Waals surface area contributed by atoms with Crippen molar-refractivity contribution in [3.05, 3.63) is 94.8 Å². The molecular weight excluding hydrogens is 406 g/mol. The predicted octanol–water partition coefficient (Wildman–Crippen LogP) is 5.22. The lowest BCUT2D eigenvalue weighted by Crippen LogP contribution is -2.54. The summed E-state index contributed by atoms with van der Waals surface area (Å²) < 4.78 is 0. The Morgan fingerprint density at radius 1 is 1.03 bits per heavy atom. The van der Waals surface area contributed by atoms with Gasteiger partial charge in [-0.1, -0.05) is 35.9 Å². The summed E-state index contributed by atoms with van der Waals surface area (Å²) in [5, 5.41) is 0.644. The molecule has 0 aliphatic carbocycles. The van der Waals surface area contributed by atoms with E-state index in [2.05, 4.69) is 34.1 Å². The Labute approximate surface area is 188 Å². The third-order valence-corrected chi connectivity index (χ3v) is 6.80. The lowest BCUT2D eigenvalue weighted by Gasteiger charge is -2.49. The van der Waals surface area contributed by atoms with Crippen molar-refractivity contribution in [2.45, 2.75) is 25.8 Å². The number of para-hydroxylation sites is 1. The molecule has 1 saturated heterocycles. The molecule has 1 fully saturated rings. The van der Waals surface area contributed by atoms with Gasteiger partial charge in [-0.3, -0.25) is 14.7 Å². The predicted molar refractivity (Wildman–Crippen MR) is 124 cm³/mol. The first-order valence-corrected chi connectivity index (χ1v) is 11.3. The van der Waals surface area contributed by atoms with Crippen LogP contribution in [-0.2, 0) is 13.0 Å². The highest BCUT2D eigenvalue weighted by Crippen LogP contribution is 2.43. The highest BCUT2D eigenvalue weighted by Gasteiger charge is 2.42. The number of amides is 1. The third-order valence-electron chi connectivity index (χ3n) is 6.55. The normalized spacial score (nSPS) is 21.1. The lowest BCUT2D eigenvalue weighted by molar-refractivity contribution is 0.0757. The largest absolute Gasteiger partial charge is 0.307 e. The summed E-state index contributed by atoms with van der Waals surface area (Å²) in [6.45, 7) is 3.72. The first kappa shape index (κ1) is 20.2. The van der Waals surface area contributed by atoms with Crippen molar-refractivity contribution in [1.82, 2.24) is 9.88 Å². The molecule has 2 aromatic carbocycles. The van der Waals surface area contributed by atoms with Gasteiger partial charge in [-0.15, -0.1) is 0 Å². The standard InChI is InChI=1S/C26H26ClN3O/c27-23-10-8-21(9-11-23)25(31)30-19-26(15-22-6-1-2-7-24(22)30)12-4-14-29(18-26)17-20-5-3-13-28-16-20/h1-3,5-11,13,16H,4,12,14-15,17-19H2. The SMILES string of the molecule is O=C(c1ccc(Cl)cc1)N1CC2(CCCN(Cc3cccnc3)C2)Cc2ccccc21. The zero-order chi connectivity index (χ0) is 21.3. The van der Waals surface area contributed by atoms with Crippen LogP contribution in [0.1, 0.15) is 34.3 Å². The maximum Gasteiger partial charge on any atom is 0.258 e. The van der Waals surface area contributed by atoms with E-state index in [-0.39, 0.29) is 11.3 Å². The summed E-state index contributed by atoms with van der Waals surface area (Å²) in [5.41, 5.74) is 4.29. The number of hydrogen-bond donors (Lipinski definition) is 0. The lowest BCUT2D eigenvalue weighted by atomic mass is 9.72. The second kappa shape index (κ2) is 8.45. The van der Waals surface area contributed by atoms with Gasteiger partial charge in [0.05, 0.1) is 0 Å². The Morgan fingerprint density at radius 3 is 2.68 bits per heavy atom. The number of rotatable bonds is 3. The van der Waals surface area contributed by atoms with Crippen LogP contribution in [0.2, 0.25) is 5.02 Å². The van der Waals surface area contributed by atoms with Crippen LogP contribution in [0, 0.1) is 5.41 Å². The molecule has 3 aromatic rings. The van der Waals surface area contributed by atoms with E-state index in [9.17, 15) is 4.79 Å². The minimum Gasteiger partial charge on any atom is -0.307 e. The molecule has 0 N–H and O–H groups in total. The van der Waals surface area contributed by atoms with Gasteiger partial charge in [0.25, 0.3) is 5.91 Å². The molecular formula is C26H26ClN3O. The van der Waals surface area contributed by atoms with Gasteiger partial charge in [0.1, 0.15) is 0 Å². The van der Waals surface area contributed by atoms with Gasteiger partial charge in [0.2, 0.25) is 0 Å². The fraction of sp³-hybridized carbons (Fsp3) is 0.308. The van der Waals surface area contributed by atoms with Crippen LogP contribution >= 0.6 is 11.6 Å². The number of likely N-dealkylation sites (tertiary alicyclic amines) is 1. The molecule has 158 valence electrons. The average molecular weight is 432 g/mol. The molecule has 5 heteroatoms. The van der Waals surface area contributed by atoms with E-state index in [0.717, 1.165) is 51.1 Å². The highest BCUT2D eigenvalue weighted by molar-refractivity contribution is 6.30. The summed E-state index contributed by atoms with van der Waals surface area (Å²) in [4.78, 5) is 22.3. The van der Waals surface area contributed by atoms with E-state index in [4.69, 9.17) is 11.6 Å². The average Bonchev–Trinajstić information content (AvgIpc) is 2.79. The molecule has 5 rings (SSSR count). The molecule has 2 aliphatic heterocycles. The summed E-state index contributed by atoms with van der Waals surface area (Å²) in [5.74, 6) is 0.0487. The van der Waals surface area contributed by atoms with E-state index in [1.807, 2.05) is 41.6 Å². The quantitative estimate of drug-likeness (QED) is 0.570. The Bertz CT molecular complexity index is 1070. The number of aromatic nitrogens is 1. The monoisotopic (exact) mass is 431 g/mol. The Kier molecular flexibility index (Phi) is 5.51. The number of halogens is 1. The summed E-state index contributed by atoms with van der Waals surface area (Å²) in [6.07, 6.45) is 7.06. The molecule has 0 radical (unpaired) electrons. The zero-order valence-corrected chi connectivity index (χ0v) is 18.3. The number of anilines is 1. The van der Waals surface area contributed by atoms with Gasteiger partial charge in [0, 0.05) is 53.7 Å². The Balaban J connectivity index is 1.44. The Hall–Kier alpha value is -2.69. The maximum atomic E-state index is 13.5. The summed E-state index contributed by atoms with van der Waals surface area (Å²) >= 11 is 6.05. The number of piperidine rings is 1. The van der Waals surface area contributed by atoms with Gasteiger partial charge in [0.15, 0.2) is 0 Å². The molecule has 1 unspecified atom stereocenters. The zero-order valence-electron chi connectivity index (χ0n) is 17.5. The molecule has 1 spiro atoms. The number of nitrogens with zero attached hydrogens (tertiary/aromatic N) is 3. The van der Waals surface area contributed by atoms with Gasteiger partial charge < -0.3 is 4.90 Å². The molecule has 31 heavy (non-hydrogen) atoms. The van der Waals surface area contributed by atoms with Crippen molar-refractivity contribution in [3.8, 4) is 0 Å². The van der Waals surface area contributed by atoms with Gasteiger partial charge in [-0.05, 0) is 73.3 Å². The molecule has 0 bridgehead atoms. The molecule has 2 aliphatic rings. The van der Waals surface area contributed by atoms with E-state index < -0.39 is 0 Å². The summed E-state index contributed by atoms with van der Waals surface area (Å²) in [6, 6.07) is 19.7. The Morgan fingerprint density at radius 2 is 1.87 bits per heavy atom. The molecule has 0 saturated carbocycles. The molecule has 1 atom stereocenters. The van der Waals surface area contributed by atoms with Crippen LogP contribution in [0.5, 0.6) is 0 Å². The van der Waals surface area contributed by atoms with Crippen molar-refractivity contribution < 1.29 is 4.79 Å². The van der Waals surface area contributed by atoms with Crippen LogP contribution in [0.4, 0.5) is 5.69 Å². The second-order valence-electron chi connectivity index (χ2n) is 8.88. The van der Waals surface area contributed by atoms with Gasteiger partial charge in [-0.2, -0.15) is 0 Å². The van der Waals surface area contributed by atoms with Gasteiger partial charge >= 0.3 is 0 Å². The van der Waals surface area contributed by atoms with Crippen molar-refractivity contribution in [1.29, 1.82) is 0 Å². The fourth-order valence-corrected chi connectivity index (χ4v) is 5.33. The van der Waals surface area contributed by atoms with Crippen LogP contribution in [0.3, 0.4) is 0 Å². The first-order chi connectivity index (χ1) is 15.1. The molecule has 1 aromatic heterocycles. The van der Waals surface area contributed by atoms with E-state index in [1.54, 1.807) is 12.1 Å². The van der Waals surface area contributed by atoms with Crippen molar-refractivity contribution in [3.63, 3.8) is 0 Å².